The van der Waals surface area contributed by atoms with Crippen LogP contribution in [-0.4, -0.2) is 36.0 Å². The Balaban J connectivity index is 0.00000261. The van der Waals surface area contributed by atoms with Crippen LogP contribution in [0.3, 0.4) is 0 Å². The van der Waals surface area contributed by atoms with Gasteiger partial charge in [0.15, 0.2) is 5.96 Å². The van der Waals surface area contributed by atoms with Gasteiger partial charge in [0.1, 0.15) is 5.76 Å². The summed E-state index contributed by atoms with van der Waals surface area (Å²) in [7, 11) is 2.08. The van der Waals surface area contributed by atoms with Crippen LogP contribution in [0.15, 0.2) is 51.5 Å². The molecule has 0 bridgehead atoms. The first-order valence-corrected chi connectivity index (χ1v) is 10.4. The standard InChI is InChI=1S/C19H24N4OS2.HI/c1-15-13-21-18(26-15)8-10-23(2)19(22-14-17-6-4-12-25-17)20-9-7-16-5-3-11-24-16;/h3-6,11-13H,7-10,14H2,1-2H3,(H,20,22);1H. The minimum Gasteiger partial charge on any atom is -0.469 e. The van der Waals surface area contributed by atoms with E-state index in [0.717, 1.165) is 37.7 Å². The fourth-order valence-electron chi connectivity index (χ4n) is 2.51. The molecule has 27 heavy (non-hydrogen) atoms. The Labute approximate surface area is 185 Å². The number of aryl methyl sites for hydroxylation is 1. The average molecular weight is 516 g/mol. The number of aliphatic imine (C=N–C) groups is 1. The minimum absolute atomic E-state index is 0. The van der Waals surface area contributed by atoms with E-state index in [2.05, 4.69) is 46.7 Å². The van der Waals surface area contributed by atoms with Crippen molar-refractivity contribution in [1.82, 2.24) is 15.2 Å². The van der Waals surface area contributed by atoms with E-state index in [1.165, 1.54) is 14.8 Å². The lowest BCUT2D eigenvalue weighted by atomic mass is 10.3. The van der Waals surface area contributed by atoms with Gasteiger partial charge in [-0.1, -0.05) is 6.07 Å². The maximum absolute atomic E-state index is 5.40. The molecule has 3 heterocycles. The second-order valence-corrected chi connectivity index (χ2v) is 8.36. The largest absolute Gasteiger partial charge is 0.469 e. The summed E-state index contributed by atoms with van der Waals surface area (Å²) in [5.41, 5.74) is 0. The number of furan rings is 1. The van der Waals surface area contributed by atoms with Crippen molar-refractivity contribution in [1.29, 1.82) is 0 Å². The van der Waals surface area contributed by atoms with E-state index >= 15 is 0 Å². The van der Waals surface area contributed by atoms with Gasteiger partial charge in [0.05, 0.1) is 17.8 Å². The van der Waals surface area contributed by atoms with Crippen molar-refractivity contribution in [3.05, 3.63) is 62.6 Å². The zero-order valence-corrected chi connectivity index (χ0v) is 19.5. The van der Waals surface area contributed by atoms with Crippen LogP contribution < -0.4 is 5.32 Å². The minimum atomic E-state index is 0. The molecule has 0 aliphatic heterocycles. The van der Waals surface area contributed by atoms with Gasteiger partial charge in [-0.05, 0) is 30.5 Å². The van der Waals surface area contributed by atoms with Gasteiger partial charge >= 0.3 is 0 Å². The number of rotatable bonds is 8. The van der Waals surface area contributed by atoms with Crippen LogP contribution in [0.5, 0.6) is 0 Å². The van der Waals surface area contributed by atoms with Crippen molar-refractivity contribution < 1.29 is 4.42 Å². The highest BCUT2D eigenvalue weighted by Crippen LogP contribution is 2.12. The van der Waals surface area contributed by atoms with E-state index in [9.17, 15) is 0 Å². The SMILES string of the molecule is Cc1cnc(CCN(C)C(=NCc2cccs2)NCCc2ccco2)s1.I. The first-order valence-electron chi connectivity index (χ1n) is 8.66. The summed E-state index contributed by atoms with van der Waals surface area (Å²) < 4.78 is 5.40. The molecule has 5 nitrogen and oxygen atoms in total. The van der Waals surface area contributed by atoms with E-state index < -0.39 is 0 Å². The number of thiazole rings is 1. The molecule has 0 unspecified atom stereocenters. The first kappa shape index (κ1) is 21.9. The van der Waals surface area contributed by atoms with Crippen LogP contribution in [-0.2, 0) is 19.4 Å². The second-order valence-electron chi connectivity index (χ2n) is 6.01. The van der Waals surface area contributed by atoms with Gasteiger partial charge in [-0.25, -0.2) is 9.98 Å². The van der Waals surface area contributed by atoms with Crippen molar-refractivity contribution >= 4 is 52.6 Å². The van der Waals surface area contributed by atoms with Crippen LogP contribution in [0.4, 0.5) is 0 Å². The number of hydrogen-bond donors (Lipinski definition) is 1. The van der Waals surface area contributed by atoms with Gasteiger partial charge in [0.25, 0.3) is 0 Å². The molecule has 8 heteroatoms. The zero-order chi connectivity index (χ0) is 18.2. The molecule has 146 valence electrons. The Morgan fingerprint density at radius 3 is 2.85 bits per heavy atom. The molecule has 3 aromatic heterocycles. The van der Waals surface area contributed by atoms with E-state index in [0.29, 0.717) is 6.54 Å². The molecule has 3 rings (SSSR count). The van der Waals surface area contributed by atoms with E-state index in [1.807, 2.05) is 18.3 Å². The van der Waals surface area contributed by atoms with Crippen molar-refractivity contribution in [3.63, 3.8) is 0 Å². The quantitative estimate of drug-likeness (QED) is 0.271. The summed E-state index contributed by atoms with van der Waals surface area (Å²) in [6.45, 7) is 4.46. The molecule has 1 N–H and O–H groups in total. The third kappa shape index (κ3) is 7.27. The molecule has 0 saturated heterocycles. The molecule has 0 aliphatic carbocycles. The Morgan fingerprint density at radius 1 is 1.30 bits per heavy atom. The smallest absolute Gasteiger partial charge is 0.194 e. The zero-order valence-electron chi connectivity index (χ0n) is 15.6. The summed E-state index contributed by atoms with van der Waals surface area (Å²) in [6.07, 6.45) is 5.41. The monoisotopic (exact) mass is 516 g/mol. The molecule has 0 aliphatic rings. The summed E-state index contributed by atoms with van der Waals surface area (Å²) in [4.78, 5) is 13.9. The number of aromatic nitrogens is 1. The third-order valence-electron chi connectivity index (χ3n) is 3.89. The second kappa shape index (κ2) is 11.5. The van der Waals surface area contributed by atoms with Crippen LogP contribution in [0.25, 0.3) is 0 Å². The Bertz CT molecular complexity index is 800. The number of hydrogen-bond acceptors (Lipinski definition) is 5. The van der Waals surface area contributed by atoms with Gasteiger partial charge in [-0.15, -0.1) is 46.7 Å². The Kier molecular flexibility index (Phi) is 9.29. The number of thiophene rings is 1. The highest BCUT2D eigenvalue weighted by molar-refractivity contribution is 14.0. The van der Waals surface area contributed by atoms with E-state index in [4.69, 9.17) is 9.41 Å². The Hall–Kier alpha value is -1.39. The molecular weight excluding hydrogens is 491 g/mol. The lowest BCUT2D eigenvalue weighted by Crippen LogP contribution is -2.40. The summed E-state index contributed by atoms with van der Waals surface area (Å²) in [6, 6.07) is 8.10. The van der Waals surface area contributed by atoms with Gasteiger partial charge in [0, 0.05) is 48.9 Å². The number of nitrogens with one attached hydrogen (secondary N) is 1. The molecule has 0 atom stereocenters. The van der Waals surface area contributed by atoms with Gasteiger partial charge in [0.2, 0.25) is 0 Å². The van der Waals surface area contributed by atoms with Crippen LogP contribution in [0.1, 0.15) is 20.5 Å². The van der Waals surface area contributed by atoms with Crippen LogP contribution >= 0.6 is 46.7 Å². The molecule has 0 spiro atoms. The number of guanidine groups is 1. The average Bonchev–Trinajstić information content (AvgIpc) is 3.38. The molecule has 0 saturated carbocycles. The maximum atomic E-state index is 5.40. The van der Waals surface area contributed by atoms with Crippen molar-refractivity contribution in [2.24, 2.45) is 4.99 Å². The highest BCUT2D eigenvalue weighted by atomic mass is 127. The molecule has 0 radical (unpaired) electrons. The van der Waals surface area contributed by atoms with Crippen LogP contribution in [0, 0.1) is 6.92 Å². The van der Waals surface area contributed by atoms with Gasteiger partial charge in [-0.3, -0.25) is 0 Å². The summed E-state index contributed by atoms with van der Waals surface area (Å²) >= 11 is 3.49. The van der Waals surface area contributed by atoms with Crippen molar-refractivity contribution in [2.75, 3.05) is 20.1 Å². The number of likely N-dealkylation sites (N-methyl/N-ethyl adjacent to an activating group) is 1. The normalized spacial score (nSPS) is 11.3. The predicted octanol–water partition coefficient (Wildman–Crippen LogP) is 4.59. The molecule has 0 amide bonds. The lowest BCUT2D eigenvalue weighted by molar-refractivity contribution is 0.474. The number of nitrogens with zero attached hydrogens (tertiary/aromatic N) is 3. The summed E-state index contributed by atoms with van der Waals surface area (Å²) in [5.74, 6) is 1.90. The summed E-state index contributed by atoms with van der Waals surface area (Å²) in [5, 5.41) is 6.72. The van der Waals surface area contributed by atoms with Gasteiger partial charge in [-0.2, -0.15) is 0 Å². The first-order chi connectivity index (χ1) is 12.7. The topological polar surface area (TPSA) is 53.7 Å². The molecule has 0 fully saturated rings. The van der Waals surface area contributed by atoms with Crippen LogP contribution in [0.2, 0.25) is 0 Å². The molecule has 3 aromatic rings. The maximum Gasteiger partial charge on any atom is 0.194 e. The van der Waals surface area contributed by atoms with E-state index in [1.54, 1.807) is 28.9 Å². The third-order valence-corrected chi connectivity index (χ3v) is 5.72. The molecular formula is C19H25IN4OS2. The predicted molar refractivity (Wildman–Crippen MR) is 124 cm³/mol. The van der Waals surface area contributed by atoms with Crippen molar-refractivity contribution in [2.45, 2.75) is 26.3 Å². The molecule has 0 aromatic carbocycles. The van der Waals surface area contributed by atoms with Crippen molar-refractivity contribution in [3.8, 4) is 0 Å². The fraction of sp³-hybridized carbons (Fsp3) is 0.368. The van der Waals surface area contributed by atoms with E-state index in [-0.39, 0.29) is 24.0 Å². The lowest BCUT2D eigenvalue weighted by Gasteiger charge is -2.22. The highest BCUT2D eigenvalue weighted by Gasteiger charge is 2.09. The van der Waals surface area contributed by atoms with Gasteiger partial charge < -0.3 is 14.6 Å². The fourth-order valence-corrected chi connectivity index (χ4v) is 3.91. The Morgan fingerprint density at radius 2 is 2.19 bits per heavy atom. The number of halogens is 1.